The van der Waals surface area contributed by atoms with E-state index in [4.69, 9.17) is 8.92 Å². The summed E-state index contributed by atoms with van der Waals surface area (Å²) in [4.78, 5) is 1.12. The van der Waals surface area contributed by atoms with E-state index >= 15 is 0 Å². The molecule has 0 bridgehead atoms. The largest absolute Gasteiger partial charge is 0.374 e. The summed E-state index contributed by atoms with van der Waals surface area (Å²) in [5.74, 6) is 0. The molecule has 3 heteroatoms. The van der Waals surface area contributed by atoms with Crippen LogP contribution in [0.3, 0.4) is 0 Å². The van der Waals surface area contributed by atoms with Crippen LogP contribution in [0.1, 0.15) is 11.1 Å². The molecule has 19 heavy (non-hydrogen) atoms. The predicted molar refractivity (Wildman–Crippen MR) is 79.1 cm³/mol. The molecule has 0 saturated heterocycles. The molecule has 0 atom stereocenters. The summed E-state index contributed by atoms with van der Waals surface area (Å²) in [6, 6.07) is 18.4. The molecule has 0 saturated carbocycles. The predicted octanol–water partition coefficient (Wildman–Crippen LogP) is 4.24. The van der Waals surface area contributed by atoms with Crippen LogP contribution in [0.5, 0.6) is 0 Å². The van der Waals surface area contributed by atoms with Crippen molar-refractivity contribution < 1.29 is 8.92 Å². The Hall–Kier alpha value is -1.29. The van der Waals surface area contributed by atoms with E-state index in [-0.39, 0.29) is 0 Å². The molecular formula is C16H18O2S. The quantitative estimate of drug-likeness (QED) is 0.556. The van der Waals surface area contributed by atoms with Crippen LogP contribution in [0, 0.1) is 6.92 Å². The number of hydrogen-bond acceptors (Lipinski definition) is 3. The lowest BCUT2D eigenvalue weighted by Gasteiger charge is -2.05. The minimum absolute atomic E-state index is 0.589. The van der Waals surface area contributed by atoms with E-state index in [1.54, 1.807) is 0 Å². The van der Waals surface area contributed by atoms with Crippen LogP contribution in [-0.2, 0) is 15.5 Å². The molecule has 0 aliphatic carbocycles. The summed E-state index contributed by atoms with van der Waals surface area (Å²) in [6.45, 7) is 3.91. The average molecular weight is 274 g/mol. The number of rotatable bonds is 7. The van der Waals surface area contributed by atoms with Gasteiger partial charge in [0.25, 0.3) is 0 Å². The van der Waals surface area contributed by atoms with Gasteiger partial charge in [-0.1, -0.05) is 48.0 Å². The molecule has 0 aromatic heterocycles. The van der Waals surface area contributed by atoms with Gasteiger partial charge in [0, 0.05) is 16.9 Å². The Morgan fingerprint density at radius 2 is 1.63 bits per heavy atom. The molecule has 0 heterocycles. The molecule has 2 rings (SSSR count). The van der Waals surface area contributed by atoms with Gasteiger partial charge in [0.15, 0.2) is 0 Å². The minimum atomic E-state index is 0.589. The fraction of sp³-hybridized carbons (Fsp3) is 0.250. The highest BCUT2D eigenvalue weighted by atomic mass is 32.2. The van der Waals surface area contributed by atoms with Crippen molar-refractivity contribution in [2.75, 3.05) is 13.2 Å². The summed E-state index contributed by atoms with van der Waals surface area (Å²) in [7, 11) is 0. The van der Waals surface area contributed by atoms with Gasteiger partial charge in [0.05, 0.1) is 19.8 Å². The molecule has 2 aromatic rings. The van der Waals surface area contributed by atoms with Gasteiger partial charge < -0.3 is 8.92 Å². The molecule has 0 aliphatic rings. The maximum absolute atomic E-state index is 5.54. The lowest BCUT2D eigenvalue weighted by molar-refractivity contribution is 0.0951. The third-order valence-corrected chi connectivity index (χ3v) is 3.35. The maximum atomic E-state index is 5.54. The van der Waals surface area contributed by atoms with Gasteiger partial charge in [-0.2, -0.15) is 0 Å². The molecule has 0 N–H and O–H groups in total. The van der Waals surface area contributed by atoms with E-state index in [0.29, 0.717) is 19.8 Å². The fourth-order valence-corrected chi connectivity index (χ4v) is 2.10. The normalized spacial score (nSPS) is 10.6. The Morgan fingerprint density at radius 1 is 0.895 bits per heavy atom. The molecule has 0 radical (unpaired) electrons. The molecule has 0 spiro atoms. The monoisotopic (exact) mass is 274 g/mol. The second kappa shape index (κ2) is 8.00. The van der Waals surface area contributed by atoms with Gasteiger partial charge in [-0.3, -0.25) is 0 Å². The zero-order valence-corrected chi connectivity index (χ0v) is 11.9. The smallest absolute Gasteiger partial charge is 0.0852 e. The highest BCUT2D eigenvalue weighted by Gasteiger charge is 1.95. The number of hydrogen-bond donors (Lipinski definition) is 0. The van der Waals surface area contributed by atoms with Crippen molar-refractivity contribution in [2.45, 2.75) is 18.4 Å². The second-order valence-corrected chi connectivity index (χ2v) is 5.13. The Balaban J connectivity index is 1.56. The van der Waals surface area contributed by atoms with Crippen LogP contribution in [0.25, 0.3) is 0 Å². The standard InChI is InChI=1S/C16H18O2S/c1-14-7-9-16(10-8-14)19-18-12-11-17-13-15-5-3-2-4-6-15/h2-10H,11-13H2,1H3. The maximum Gasteiger partial charge on any atom is 0.0852 e. The molecule has 0 unspecified atom stereocenters. The van der Waals surface area contributed by atoms with Crippen LogP contribution >= 0.6 is 12.0 Å². The van der Waals surface area contributed by atoms with Gasteiger partial charge in [-0.05, 0) is 24.6 Å². The minimum Gasteiger partial charge on any atom is -0.374 e. The molecule has 2 nitrogen and oxygen atoms in total. The van der Waals surface area contributed by atoms with Crippen molar-refractivity contribution in [2.24, 2.45) is 0 Å². The summed E-state index contributed by atoms with van der Waals surface area (Å²) < 4.78 is 11.0. The van der Waals surface area contributed by atoms with Gasteiger partial charge >= 0.3 is 0 Å². The zero-order chi connectivity index (χ0) is 13.3. The van der Waals surface area contributed by atoms with E-state index in [1.807, 2.05) is 18.2 Å². The zero-order valence-electron chi connectivity index (χ0n) is 11.0. The van der Waals surface area contributed by atoms with Gasteiger partial charge in [-0.25, -0.2) is 0 Å². The second-order valence-electron chi connectivity index (χ2n) is 4.26. The first-order chi connectivity index (χ1) is 9.34. The SMILES string of the molecule is Cc1ccc(SOCCOCc2ccccc2)cc1. The molecule has 0 amide bonds. The van der Waals surface area contributed by atoms with E-state index < -0.39 is 0 Å². The molecular weight excluding hydrogens is 256 g/mol. The van der Waals surface area contributed by atoms with Crippen LogP contribution in [0.2, 0.25) is 0 Å². The molecule has 0 aliphatic heterocycles. The van der Waals surface area contributed by atoms with Crippen molar-refractivity contribution in [3.05, 3.63) is 65.7 Å². The van der Waals surface area contributed by atoms with Crippen molar-refractivity contribution in [3.8, 4) is 0 Å². The number of benzene rings is 2. The highest BCUT2D eigenvalue weighted by molar-refractivity contribution is 7.94. The number of ether oxygens (including phenoxy) is 1. The first-order valence-electron chi connectivity index (χ1n) is 6.32. The Kier molecular flexibility index (Phi) is 5.95. The Morgan fingerprint density at radius 3 is 2.37 bits per heavy atom. The summed E-state index contributed by atoms with van der Waals surface area (Å²) in [5, 5.41) is 0. The lowest BCUT2D eigenvalue weighted by atomic mass is 10.2. The molecule has 0 fully saturated rings. The van der Waals surface area contributed by atoms with Gasteiger partial charge in [0.2, 0.25) is 0 Å². The van der Waals surface area contributed by atoms with Crippen LogP contribution < -0.4 is 0 Å². The third-order valence-electron chi connectivity index (χ3n) is 2.60. The Bertz CT molecular complexity index is 468. The van der Waals surface area contributed by atoms with Crippen molar-refractivity contribution in [3.63, 3.8) is 0 Å². The number of aryl methyl sites for hydroxylation is 1. The summed E-state index contributed by atoms with van der Waals surface area (Å²) in [5.41, 5.74) is 2.45. The third kappa shape index (κ3) is 5.47. The van der Waals surface area contributed by atoms with E-state index in [9.17, 15) is 0 Å². The van der Waals surface area contributed by atoms with Crippen LogP contribution in [-0.4, -0.2) is 13.2 Å². The van der Waals surface area contributed by atoms with E-state index in [0.717, 1.165) is 4.90 Å². The summed E-state index contributed by atoms with van der Waals surface area (Å²) >= 11 is 1.40. The first kappa shape index (κ1) is 14.1. The lowest BCUT2D eigenvalue weighted by Crippen LogP contribution is -2.00. The first-order valence-corrected chi connectivity index (χ1v) is 7.06. The van der Waals surface area contributed by atoms with E-state index in [2.05, 4.69) is 43.3 Å². The average Bonchev–Trinajstić information content (AvgIpc) is 2.46. The van der Waals surface area contributed by atoms with Crippen molar-refractivity contribution in [1.29, 1.82) is 0 Å². The van der Waals surface area contributed by atoms with Crippen molar-refractivity contribution >= 4 is 12.0 Å². The molecule has 100 valence electrons. The summed E-state index contributed by atoms with van der Waals surface area (Å²) in [6.07, 6.45) is 0. The molecule has 2 aromatic carbocycles. The van der Waals surface area contributed by atoms with E-state index in [1.165, 1.54) is 23.2 Å². The topological polar surface area (TPSA) is 18.5 Å². The fourth-order valence-electron chi connectivity index (χ4n) is 1.56. The van der Waals surface area contributed by atoms with Gasteiger partial charge in [0.1, 0.15) is 0 Å². The van der Waals surface area contributed by atoms with Crippen LogP contribution in [0.15, 0.2) is 59.5 Å². The highest BCUT2D eigenvalue weighted by Crippen LogP contribution is 2.18. The van der Waals surface area contributed by atoms with Crippen molar-refractivity contribution in [1.82, 2.24) is 0 Å². The van der Waals surface area contributed by atoms with Gasteiger partial charge in [-0.15, -0.1) is 0 Å². The van der Waals surface area contributed by atoms with Crippen LogP contribution in [0.4, 0.5) is 0 Å². The Labute approximate surface area is 119 Å².